The summed E-state index contributed by atoms with van der Waals surface area (Å²) in [6.07, 6.45) is 0. The number of aromatic nitrogens is 2. The van der Waals surface area contributed by atoms with E-state index in [-0.39, 0.29) is 23.5 Å². The number of carbonyl (C=O) groups excluding carboxylic acids is 1. The summed E-state index contributed by atoms with van der Waals surface area (Å²) >= 11 is 1.05. The number of hydrogen-bond donors (Lipinski definition) is 1. The lowest BCUT2D eigenvalue weighted by atomic mass is 10.3. The number of nitrogens with zero attached hydrogens (tertiary/aromatic N) is 2. The predicted molar refractivity (Wildman–Crippen MR) is 89.4 cm³/mol. The van der Waals surface area contributed by atoms with E-state index in [0.29, 0.717) is 22.9 Å². The normalized spacial score (nSPS) is 12.2. The van der Waals surface area contributed by atoms with Gasteiger partial charge in [-0.1, -0.05) is 18.2 Å². The average Bonchev–Trinajstić information content (AvgIpc) is 3.26. The highest BCUT2D eigenvalue weighted by Gasteiger charge is 2.22. The van der Waals surface area contributed by atoms with Crippen LogP contribution in [0.4, 0.5) is 5.69 Å². The van der Waals surface area contributed by atoms with Gasteiger partial charge in [-0.25, -0.2) is 0 Å². The Morgan fingerprint density at radius 1 is 1.19 bits per heavy atom. The van der Waals surface area contributed by atoms with E-state index in [2.05, 4.69) is 10.6 Å². The zero-order valence-corrected chi connectivity index (χ0v) is 14.2. The van der Waals surface area contributed by atoms with Crippen molar-refractivity contribution < 1.29 is 28.6 Å². The van der Waals surface area contributed by atoms with Gasteiger partial charge in [0.1, 0.15) is 0 Å². The zero-order chi connectivity index (χ0) is 17.9. The van der Waals surface area contributed by atoms with Crippen LogP contribution < -0.4 is 24.6 Å². The smallest absolute Gasteiger partial charge is 0.298 e. The van der Waals surface area contributed by atoms with Gasteiger partial charge in [-0.3, -0.25) is 4.79 Å². The third-order valence-electron chi connectivity index (χ3n) is 3.57. The number of benzene rings is 2. The number of anilines is 1. The van der Waals surface area contributed by atoms with E-state index in [1.807, 2.05) is 18.2 Å². The van der Waals surface area contributed by atoms with Gasteiger partial charge in [-0.05, 0) is 28.6 Å². The first-order valence-corrected chi connectivity index (χ1v) is 8.66. The van der Waals surface area contributed by atoms with Crippen molar-refractivity contribution in [3.8, 4) is 23.1 Å². The van der Waals surface area contributed by atoms with Crippen molar-refractivity contribution in [1.82, 2.24) is 5.27 Å². The van der Waals surface area contributed by atoms with Crippen molar-refractivity contribution in [2.45, 2.75) is 5.03 Å². The fourth-order valence-electron chi connectivity index (χ4n) is 2.40. The number of nitrogens with one attached hydrogen (secondary N) is 1. The summed E-state index contributed by atoms with van der Waals surface area (Å²) in [5, 5.41) is 18.6. The molecule has 0 aliphatic carbocycles. The molecule has 26 heavy (non-hydrogen) atoms. The third-order valence-corrected chi connectivity index (χ3v) is 4.59. The van der Waals surface area contributed by atoms with Gasteiger partial charge in [0.25, 0.3) is 5.03 Å². The molecule has 0 unspecified atom stereocenters. The van der Waals surface area contributed by atoms with E-state index in [0.717, 1.165) is 11.8 Å². The summed E-state index contributed by atoms with van der Waals surface area (Å²) in [6, 6.07) is 14.2. The summed E-state index contributed by atoms with van der Waals surface area (Å²) < 4.78 is 16.6. The Hall–Kier alpha value is -3.20. The maximum atomic E-state index is 12.2. The second kappa shape index (κ2) is 6.96. The molecule has 2 aromatic carbocycles. The van der Waals surface area contributed by atoms with Gasteiger partial charge < -0.3 is 24.4 Å². The lowest BCUT2D eigenvalue weighted by Gasteiger charge is -2.05. The molecule has 4 rings (SSSR count). The number of rotatable bonds is 5. The first kappa shape index (κ1) is 16.3. The summed E-state index contributed by atoms with van der Waals surface area (Å²) in [7, 11) is 0. The fraction of sp³-hybridized carbons (Fsp3) is 0.118. The number of ether oxygens (including phenoxy) is 2. The van der Waals surface area contributed by atoms with E-state index in [1.54, 1.807) is 30.3 Å². The lowest BCUT2D eigenvalue weighted by Crippen LogP contribution is -2.35. The molecular weight excluding hydrogens is 358 g/mol. The molecule has 3 aromatic rings. The Labute approximate surface area is 152 Å². The Morgan fingerprint density at radius 2 is 2.00 bits per heavy atom. The molecule has 1 aliphatic heterocycles. The van der Waals surface area contributed by atoms with Gasteiger partial charge in [-0.15, -0.1) is 0 Å². The Balaban J connectivity index is 1.43. The minimum Gasteiger partial charge on any atom is -0.538 e. The van der Waals surface area contributed by atoms with Crippen LogP contribution in [-0.2, 0) is 4.79 Å². The molecule has 9 heteroatoms. The Bertz CT molecular complexity index is 945. The van der Waals surface area contributed by atoms with E-state index >= 15 is 0 Å². The Kier molecular flexibility index (Phi) is 4.36. The second-order valence-corrected chi connectivity index (χ2v) is 6.28. The molecule has 0 saturated heterocycles. The van der Waals surface area contributed by atoms with E-state index < -0.39 is 5.95 Å². The number of amides is 1. The standard InChI is InChI=1S/C17H13N3O5S/c21-15(18-11-6-7-13-14(8-11)24-10-23-13)9-26-16-17(22)25-19-20(16)12-4-2-1-3-5-12/h1-8H,9-10H2,(H-,18,19,21,22). The Morgan fingerprint density at radius 3 is 2.85 bits per heavy atom. The van der Waals surface area contributed by atoms with Gasteiger partial charge in [0.15, 0.2) is 17.4 Å². The summed E-state index contributed by atoms with van der Waals surface area (Å²) in [4.78, 5) is 12.2. The van der Waals surface area contributed by atoms with Gasteiger partial charge in [0.2, 0.25) is 18.4 Å². The number of thioether (sulfide) groups is 1. The quantitative estimate of drug-likeness (QED) is 0.535. The van der Waals surface area contributed by atoms with Crippen molar-refractivity contribution in [3.05, 3.63) is 48.5 Å². The maximum absolute atomic E-state index is 12.2. The summed E-state index contributed by atoms with van der Waals surface area (Å²) in [6.45, 7) is 0.168. The van der Waals surface area contributed by atoms with Crippen LogP contribution in [-0.4, -0.2) is 23.7 Å². The number of carbonyl (C=O) groups is 1. The molecule has 0 radical (unpaired) electrons. The van der Waals surface area contributed by atoms with Crippen LogP contribution in [0.5, 0.6) is 17.4 Å². The van der Waals surface area contributed by atoms with Crippen molar-refractivity contribution in [3.63, 3.8) is 0 Å². The molecule has 1 N–H and O–H groups in total. The van der Waals surface area contributed by atoms with Crippen LogP contribution in [0, 0.1) is 0 Å². The molecule has 8 nitrogen and oxygen atoms in total. The SMILES string of the molecule is O=C(CSc1c([O-])on[n+]1-c1ccccc1)Nc1ccc2c(c1)OCO2. The van der Waals surface area contributed by atoms with Crippen LogP contribution in [0.15, 0.2) is 58.1 Å². The van der Waals surface area contributed by atoms with E-state index in [1.165, 1.54) is 4.68 Å². The summed E-state index contributed by atoms with van der Waals surface area (Å²) in [5.41, 5.74) is 1.26. The number of hydrogen-bond acceptors (Lipinski definition) is 7. The number of fused-ring (bicyclic) bond motifs is 1. The predicted octanol–water partition coefficient (Wildman–Crippen LogP) is 1.48. The number of para-hydroxylation sites is 1. The molecule has 2 heterocycles. The molecule has 0 atom stereocenters. The van der Waals surface area contributed by atoms with E-state index in [9.17, 15) is 9.90 Å². The van der Waals surface area contributed by atoms with Crippen LogP contribution in [0.3, 0.4) is 0 Å². The van der Waals surface area contributed by atoms with Gasteiger partial charge in [0.05, 0.1) is 11.0 Å². The van der Waals surface area contributed by atoms with Gasteiger partial charge in [-0.2, -0.15) is 0 Å². The monoisotopic (exact) mass is 371 g/mol. The molecule has 132 valence electrons. The minimum atomic E-state index is -0.588. The lowest BCUT2D eigenvalue weighted by molar-refractivity contribution is -0.705. The molecule has 1 aliphatic rings. The van der Waals surface area contributed by atoms with Crippen LogP contribution in [0.2, 0.25) is 0 Å². The summed E-state index contributed by atoms with van der Waals surface area (Å²) in [5.74, 6) is 0.390. The fourth-order valence-corrected chi connectivity index (χ4v) is 3.16. The highest BCUT2D eigenvalue weighted by molar-refractivity contribution is 7.99. The maximum Gasteiger partial charge on any atom is 0.298 e. The molecular formula is C17H13N3O5S. The molecule has 0 saturated carbocycles. The van der Waals surface area contributed by atoms with Crippen LogP contribution in [0.25, 0.3) is 5.69 Å². The van der Waals surface area contributed by atoms with Crippen molar-refractivity contribution in [2.24, 2.45) is 0 Å². The van der Waals surface area contributed by atoms with Gasteiger partial charge in [0, 0.05) is 23.9 Å². The molecule has 1 aromatic heterocycles. The highest BCUT2D eigenvalue weighted by Crippen LogP contribution is 2.34. The van der Waals surface area contributed by atoms with Crippen molar-refractivity contribution in [2.75, 3.05) is 17.9 Å². The molecule has 0 bridgehead atoms. The average molecular weight is 371 g/mol. The second-order valence-electron chi connectivity index (χ2n) is 5.32. The van der Waals surface area contributed by atoms with Gasteiger partial charge >= 0.3 is 0 Å². The first-order valence-electron chi connectivity index (χ1n) is 7.67. The first-order chi connectivity index (χ1) is 12.7. The minimum absolute atomic E-state index is 0.0255. The third kappa shape index (κ3) is 3.29. The van der Waals surface area contributed by atoms with E-state index in [4.69, 9.17) is 14.0 Å². The molecule has 1 amide bonds. The van der Waals surface area contributed by atoms with Crippen molar-refractivity contribution >= 4 is 23.4 Å². The zero-order valence-electron chi connectivity index (χ0n) is 13.4. The van der Waals surface area contributed by atoms with Crippen LogP contribution >= 0.6 is 11.8 Å². The van der Waals surface area contributed by atoms with Crippen molar-refractivity contribution in [1.29, 1.82) is 0 Å². The van der Waals surface area contributed by atoms with Crippen LogP contribution in [0.1, 0.15) is 0 Å². The molecule has 0 spiro atoms. The topological polar surface area (TPSA) is 101 Å². The highest BCUT2D eigenvalue weighted by atomic mass is 32.2. The molecule has 0 fully saturated rings. The largest absolute Gasteiger partial charge is 0.538 e.